The van der Waals surface area contributed by atoms with Gasteiger partial charge in [-0.15, -0.1) is 5.10 Å². The van der Waals surface area contributed by atoms with E-state index in [0.29, 0.717) is 22.4 Å². The normalized spacial score (nSPS) is 11.1. The molecule has 8 heteroatoms. The highest BCUT2D eigenvalue weighted by molar-refractivity contribution is 7.98. The molecule has 25 heavy (non-hydrogen) atoms. The van der Waals surface area contributed by atoms with Crippen molar-refractivity contribution >= 4 is 11.8 Å². The quantitative estimate of drug-likeness (QED) is 0.504. The second-order valence-corrected chi connectivity index (χ2v) is 6.50. The molecule has 0 atom stereocenters. The van der Waals surface area contributed by atoms with Crippen molar-refractivity contribution in [3.05, 3.63) is 59.5 Å². The number of nitrogens with zero attached hydrogens (tertiary/aromatic N) is 5. The number of aryl methyl sites for hydroxylation is 2. The topological polar surface area (TPSA) is 82.8 Å². The van der Waals surface area contributed by atoms with E-state index in [2.05, 4.69) is 20.7 Å². The lowest BCUT2D eigenvalue weighted by atomic mass is 10.1. The highest BCUT2D eigenvalue weighted by Gasteiger charge is 2.15. The number of thioether (sulfide) groups is 1. The third-order valence-corrected chi connectivity index (χ3v) is 4.72. The smallest absolute Gasteiger partial charge is 0.214 e. The van der Waals surface area contributed by atoms with Crippen LogP contribution in [0, 0.1) is 13.8 Å². The van der Waals surface area contributed by atoms with Gasteiger partial charge in [-0.1, -0.05) is 35.1 Å². The predicted molar refractivity (Wildman–Crippen MR) is 92.4 cm³/mol. The zero-order chi connectivity index (χ0) is 17.2. The third-order valence-electron chi connectivity index (χ3n) is 3.76. The van der Waals surface area contributed by atoms with Crippen LogP contribution in [0.5, 0.6) is 0 Å². The minimum Gasteiger partial charge on any atom is -0.461 e. The van der Waals surface area contributed by atoms with Crippen LogP contribution in [0.1, 0.15) is 16.8 Å². The lowest BCUT2D eigenvalue weighted by Gasteiger charge is -2.10. The highest BCUT2D eigenvalue weighted by Crippen LogP contribution is 2.27. The van der Waals surface area contributed by atoms with E-state index in [9.17, 15) is 0 Å². The second kappa shape index (κ2) is 6.56. The summed E-state index contributed by atoms with van der Waals surface area (Å²) in [5.74, 6) is 1.86. The van der Waals surface area contributed by atoms with Crippen LogP contribution in [0.15, 0.2) is 56.8 Å². The summed E-state index contributed by atoms with van der Waals surface area (Å²) in [6.07, 6.45) is 1.60. The van der Waals surface area contributed by atoms with E-state index >= 15 is 0 Å². The highest BCUT2D eigenvalue weighted by atomic mass is 32.2. The molecule has 7 nitrogen and oxygen atoms in total. The molecule has 0 aliphatic rings. The van der Waals surface area contributed by atoms with E-state index < -0.39 is 0 Å². The van der Waals surface area contributed by atoms with Gasteiger partial charge in [-0.3, -0.25) is 0 Å². The molecule has 4 aromatic rings. The first-order chi connectivity index (χ1) is 12.2. The predicted octanol–water partition coefficient (Wildman–Crippen LogP) is 3.82. The molecule has 0 spiro atoms. The van der Waals surface area contributed by atoms with Crippen LogP contribution < -0.4 is 0 Å². The lowest BCUT2D eigenvalue weighted by molar-refractivity contribution is 0.413. The Bertz CT molecular complexity index is 970. The van der Waals surface area contributed by atoms with Crippen LogP contribution >= 0.6 is 11.8 Å². The summed E-state index contributed by atoms with van der Waals surface area (Å²) >= 11 is 1.50. The van der Waals surface area contributed by atoms with Gasteiger partial charge >= 0.3 is 0 Å². The molecule has 4 rings (SSSR count). The Kier molecular flexibility index (Phi) is 4.10. The summed E-state index contributed by atoms with van der Waals surface area (Å²) in [5, 5.41) is 16.9. The third kappa shape index (κ3) is 3.08. The Morgan fingerprint density at radius 1 is 1.08 bits per heavy atom. The zero-order valence-electron chi connectivity index (χ0n) is 13.7. The monoisotopic (exact) mass is 353 g/mol. The second-order valence-electron chi connectivity index (χ2n) is 5.56. The van der Waals surface area contributed by atoms with Gasteiger partial charge in [0.05, 0.1) is 17.6 Å². The van der Waals surface area contributed by atoms with Gasteiger partial charge in [0.1, 0.15) is 0 Å². The summed E-state index contributed by atoms with van der Waals surface area (Å²) in [5.41, 5.74) is 4.05. The van der Waals surface area contributed by atoms with Gasteiger partial charge in [0.25, 0.3) is 0 Å². The SMILES string of the molecule is Cc1cccc(C)c1-n1nnnc1SCc1cc(-c2ccco2)on1. The maximum Gasteiger partial charge on any atom is 0.214 e. The van der Waals surface area contributed by atoms with Crippen LogP contribution in [0.3, 0.4) is 0 Å². The fraction of sp³-hybridized carbons (Fsp3) is 0.176. The number of aromatic nitrogens is 5. The van der Waals surface area contributed by atoms with Gasteiger partial charge in [0.2, 0.25) is 10.9 Å². The average Bonchev–Trinajstić information content (AvgIpc) is 3.34. The molecule has 0 aliphatic carbocycles. The molecular weight excluding hydrogens is 338 g/mol. The first-order valence-corrected chi connectivity index (χ1v) is 8.68. The number of rotatable bonds is 5. The van der Waals surface area contributed by atoms with Gasteiger partial charge in [-0.2, -0.15) is 4.68 Å². The average molecular weight is 353 g/mol. The van der Waals surface area contributed by atoms with Gasteiger partial charge in [0.15, 0.2) is 5.76 Å². The maximum absolute atomic E-state index is 5.32. The molecule has 0 aliphatic heterocycles. The molecule has 0 unspecified atom stereocenters. The van der Waals surface area contributed by atoms with Gasteiger partial charge in [-0.05, 0) is 47.5 Å². The van der Waals surface area contributed by atoms with Gasteiger partial charge in [0, 0.05) is 11.8 Å². The molecule has 0 radical (unpaired) electrons. The molecule has 0 N–H and O–H groups in total. The number of furan rings is 1. The van der Waals surface area contributed by atoms with Crippen LogP contribution in [0.25, 0.3) is 17.2 Å². The lowest BCUT2D eigenvalue weighted by Crippen LogP contribution is -2.04. The minimum atomic E-state index is 0.593. The Hall–Kier alpha value is -2.87. The fourth-order valence-electron chi connectivity index (χ4n) is 2.60. The van der Waals surface area contributed by atoms with Gasteiger partial charge < -0.3 is 8.94 Å². The summed E-state index contributed by atoms with van der Waals surface area (Å²) in [6.45, 7) is 4.09. The minimum absolute atomic E-state index is 0.593. The summed E-state index contributed by atoms with van der Waals surface area (Å²) < 4.78 is 12.4. The Morgan fingerprint density at radius 3 is 2.68 bits per heavy atom. The standard InChI is InChI=1S/C17H15N5O2S/c1-11-5-3-6-12(2)16(11)22-17(18-20-21-22)25-10-13-9-15(24-19-13)14-7-4-8-23-14/h3-9H,10H2,1-2H3. The van der Waals surface area contributed by atoms with Crippen LogP contribution in [-0.2, 0) is 5.75 Å². The molecule has 0 bridgehead atoms. The van der Waals surface area contributed by atoms with E-state index in [1.807, 2.05) is 50.2 Å². The number of hydrogen-bond donors (Lipinski definition) is 0. The van der Waals surface area contributed by atoms with E-state index in [4.69, 9.17) is 8.94 Å². The van der Waals surface area contributed by atoms with E-state index in [1.54, 1.807) is 10.9 Å². The molecule has 0 fully saturated rings. The maximum atomic E-state index is 5.32. The largest absolute Gasteiger partial charge is 0.461 e. The summed E-state index contributed by atoms with van der Waals surface area (Å²) in [4.78, 5) is 0. The van der Waals surface area contributed by atoms with Crippen LogP contribution in [-0.4, -0.2) is 25.4 Å². The van der Waals surface area contributed by atoms with Gasteiger partial charge in [-0.25, -0.2) is 0 Å². The number of tetrazole rings is 1. The number of para-hydroxylation sites is 1. The van der Waals surface area contributed by atoms with Crippen LogP contribution in [0.2, 0.25) is 0 Å². The van der Waals surface area contributed by atoms with Crippen molar-refractivity contribution in [3.63, 3.8) is 0 Å². The molecule has 0 amide bonds. The number of benzene rings is 1. The molecule has 3 aromatic heterocycles. The van der Waals surface area contributed by atoms with Crippen molar-refractivity contribution in [2.24, 2.45) is 0 Å². The first kappa shape index (κ1) is 15.6. The summed E-state index contributed by atoms with van der Waals surface area (Å²) in [6, 6.07) is 11.6. The molecular formula is C17H15N5O2S. The van der Waals surface area contributed by atoms with Crippen molar-refractivity contribution in [3.8, 4) is 17.2 Å². The molecule has 0 saturated heterocycles. The molecule has 0 saturated carbocycles. The Morgan fingerprint density at radius 2 is 1.92 bits per heavy atom. The van der Waals surface area contributed by atoms with E-state index in [1.165, 1.54) is 11.8 Å². The van der Waals surface area contributed by atoms with Crippen LogP contribution in [0.4, 0.5) is 0 Å². The zero-order valence-corrected chi connectivity index (χ0v) is 14.5. The summed E-state index contributed by atoms with van der Waals surface area (Å²) in [7, 11) is 0. The van der Waals surface area contributed by atoms with Crippen molar-refractivity contribution in [1.29, 1.82) is 0 Å². The molecule has 126 valence electrons. The van der Waals surface area contributed by atoms with Crippen molar-refractivity contribution < 1.29 is 8.94 Å². The van der Waals surface area contributed by atoms with Crippen molar-refractivity contribution in [2.45, 2.75) is 24.8 Å². The van der Waals surface area contributed by atoms with E-state index in [0.717, 1.165) is 22.5 Å². The fourth-order valence-corrected chi connectivity index (χ4v) is 3.36. The van der Waals surface area contributed by atoms with Crippen molar-refractivity contribution in [2.75, 3.05) is 0 Å². The Balaban J connectivity index is 1.54. The molecule has 3 heterocycles. The van der Waals surface area contributed by atoms with Crippen molar-refractivity contribution in [1.82, 2.24) is 25.4 Å². The first-order valence-electron chi connectivity index (χ1n) is 7.69. The van der Waals surface area contributed by atoms with E-state index in [-0.39, 0.29) is 0 Å². The molecule has 1 aromatic carbocycles. The number of hydrogen-bond acceptors (Lipinski definition) is 7. The Labute approximate surface area is 148 Å².